The molecule has 128 valence electrons. The lowest BCUT2D eigenvalue weighted by atomic mass is 9.61. The Labute approximate surface area is 160 Å². The summed E-state index contributed by atoms with van der Waals surface area (Å²) in [6.45, 7) is 0. The lowest BCUT2D eigenvalue weighted by molar-refractivity contribution is -0.126. The van der Waals surface area contributed by atoms with E-state index >= 15 is 0 Å². The van der Waals surface area contributed by atoms with Gasteiger partial charge in [0.05, 0.1) is 22.7 Å². The number of carbonyl (C=O) groups excluding carboxylic acids is 1. The van der Waals surface area contributed by atoms with Crippen molar-refractivity contribution in [2.45, 2.75) is 37.9 Å². The highest BCUT2D eigenvalue weighted by molar-refractivity contribution is 9.10. The molecule has 1 fully saturated rings. The van der Waals surface area contributed by atoms with E-state index in [1.807, 2.05) is 24.3 Å². The van der Waals surface area contributed by atoms with Crippen LogP contribution in [0.5, 0.6) is 0 Å². The standard InChI is InChI=1S/C19H18BrN3OS/c20-14-6-4-13(5-7-14)12-25-18-16(11-22)19(8-2-1-3-9-19)15(10-21)17(24)23-18/h4-7,15H,1-3,8-9,12H2,(H,23,24)/t15-/m0/s1. The maximum atomic E-state index is 12.5. The lowest BCUT2D eigenvalue weighted by Crippen LogP contribution is -2.48. The fraction of sp³-hybridized carbons (Fsp3) is 0.421. The van der Waals surface area contributed by atoms with Crippen LogP contribution >= 0.6 is 27.7 Å². The Balaban J connectivity index is 1.92. The summed E-state index contributed by atoms with van der Waals surface area (Å²) in [6, 6.07) is 12.5. The van der Waals surface area contributed by atoms with E-state index in [4.69, 9.17) is 0 Å². The SMILES string of the molecule is N#CC1=C(SCc2ccc(Br)cc2)NC(=O)[C@H](C#N)C12CCCCC2. The van der Waals surface area contributed by atoms with Crippen molar-refractivity contribution in [2.75, 3.05) is 0 Å². The third-order valence-corrected chi connectivity index (χ3v) is 6.66. The third kappa shape index (κ3) is 3.47. The molecule has 1 atom stereocenters. The van der Waals surface area contributed by atoms with E-state index in [0.717, 1.165) is 42.1 Å². The van der Waals surface area contributed by atoms with Crippen molar-refractivity contribution < 1.29 is 4.79 Å². The van der Waals surface area contributed by atoms with Crippen molar-refractivity contribution in [1.29, 1.82) is 10.5 Å². The lowest BCUT2D eigenvalue weighted by Gasteiger charge is -2.43. The molecule has 1 aliphatic carbocycles. The maximum absolute atomic E-state index is 12.5. The molecule has 1 amide bonds. The smallest absolute Gasteiger partial charge is 0.243 e. The molecule has 0 radical (unpaired) electrons. The molecular weight excluding hydrogens is 398 g/mol. The van der Waals surface area contributed by atoms with Gasteiger partial charge in [-0.1, -0.05) is 47.3 Å². The molecule has 0 bridgehead atoms. The summed E-state index contributed by atoms with van der Waals surface area (Å²) in [4.78, 5) is 12.5. The number of thioether (sulfide) groups is 1. The number of hydrogen-bond donors (Lipinski definition) is 1. The molecule has 2 aliphatic rings. The van der Waals surface area contributed by atoms with Crippen LogP contribution in [0, 0.1) is 34.0 Å². The van der Waals surface area contributed by atoms with Crippen molar-refractivity contribution in [3.05, 3.63) is 44.9 Å². The number of nitriles is 2. The minimum Gasteiger partial charge on any atom is -0.319 e. The number of hydrogen-bond acceptors (Lipinski definition) is 4. The number of halogens is 1. The zero-order valence-electron chi connectivity index (χ0n) is 13.7. The number of carbonyl (C=O) groups is 1. The van der Waals surface area contributed by atoms with Gasteiger partial charge in [-0.05, 0) is 30.5 Å². The van der Waals surface area contributed by atoms with E-state index < -0.39 is 11.3 Å². The van der Waals surface area contributed by atoms with E-state index in [2.05, 4.69) is 33.4 Å². The van der Waals surface area contributed by atoms with Crippen molar-refractivity contribution >= 4 is 33.6 Å². The number of allylic oxidation sites excluding steroid dienone is 1. The molecule has 1 aromatic rings. The molecule has 1 saturated carbocycles. The number of benzene rings is 1. The Morgan fingerprint density at radius 1 is 1.20 bits per heavy atom. The molecule has 1 aromatic carbocycles. The molecule has 0 unspecified atom stereocenters. The Kier molecular flexibility index (Phi) is 5.51. The fourth-order valence-electron chi connectivity index (χ4n) is 3.78. The Morgan fingerprint density at radius 3 is 2.48 bits per heavy atom. The zero-order chi connectivity index (χ0) is 17.9. The molecule has 3 rings (SSSR count). The first-order chi connectivity index (χ1) is 12.1. The Bertz CT molecular complexity index is 782. The first-order valence-electron chi connectivity index (χ1n) is 8.33. The molecule has 0 aromatic heterocycles. The predicted molar refractivity (Wildman–Crippen MR) is 101 cm³/mol. The predicted octanol–water partition coefficient (Wildman–Crippen LogP) is 4.64. The van der Waals surface area contributed by atoms with E-state index in [1.165, 1.54) is 11.8 Å². The summed E-state index contributed by atoms with van der Waals surface area (Å²) < 4.78 is 1.02. The van der Waals surface area contributed by atoms with Gasteiger partial charge in [0, 0.05) is 15.6 Å². The zero-order valence-corrected chi connectivity index (χ0v) is 16.1. The van der Waals surface area contributed by atoms with Crippen LogP contribution in [-0.2, 0) is 10.5 Å². The highest BCUT2D eigenvalue weighted by Gasteiger charge is 2.51. The summed E-state index contributed by atoms with van der Waals surface area (Å²) in [5.74, 6) is -0.359. The maximum Gasteiger partial charge on any atom is 0.243 e. The molecule has 1 N–H and O–H groups in total. The molecule has 0 saturated heterocycles. The highest BCUT2D eigenvalue weighted by Crippen LogP contribution is 2.52. The van der Waals surface area contributed by atoms with Crippen molar-refractivity contribution in [1.82, 2.24) is 5.32 Å². The van der Waals surface area contributed by atoms with Gasteiger partial charge in [0.25, 0.3) is 0 Å². The van der Waals surface area contributed by atoms with Crippen LogP contribution < -0.4 is 5.32 Å². The third-order valence-electron chi connectivity index (χ3n) is 5.06. The van der Waals surface area contributed by atoms with Crippen LogP contribution in [0.2, 0.25) is 0 Å². The summed E-state index contributed by atoms with van der Waals surface area (Å²) in [7, 11) is 0. The van der Waals surface area contributed by atoms with Gasteiger partial charge in [0.2, 0.25) is 5.91 Å². The molecule has 25 heavy (non-hydrogen) atoms. The topological polar surface area (TPSA) is 76.7 Å². The van der Waals surface area contributed by atoms with Gasteiger partial charge in [-0.3, -0.25) is 4.79 Å². The van der Waals surface area contributed by atoms with E-state index in [1.54, 1.807) is 0 Å². The molecule has 1 heterocycles. The average molecular weight is 416 g/mol. The largest absolute Gasteiger partial charge is 0.319 e. The quantitative estimate of drug-likeness (QED) is 0.779. The number of amides is 1. The van der Waals surface area contributed by atoms with Gasteiger partial charge in [0.1, 0.15) is 5.92 Å². The van der Waals surface area contributed by atoms with E-state index in [9.17, 15) is 15.3 Å². The second-order valence-electron chi connectivity index (χ2n) is 6.50. The normalized spacial score (nSPS) is 22.2. The number of nitrogens with one attached hydrogen (secondary N) is 1. The van der Waals surface area contributed by atoms with Gasteiger partial charge >= 0.3 is 0 Å². The molecule has 6 heteroatoms. The van der Waals surface area contributed by atoms with Crippen molar-refractivity contribution in [3.63, 3.8) is 0 Å². The van der Waals surface area contributed by atoms with Crippen LogP contribution in [0.3, 0.4) is 0 Å². The fourth-order valence-corrected chi connectivity index (χ4v) is 5.11. The van der Waals surface area contributed by atoms with Gasteiger partial charge < -0.3 is 5.32 Å². The van der Waals surface area contributed by atoms with Crippen LogP contribution in [-0.4, -0.2) is 5.91 Å². The highest BCUT2D eigenvalue weighted by atomic mass is 79.9. The van der Waals surface area contributed by atoms with Gasteiger partial charge in [-0.2, -0.15) is 10.5 Å². The van der Waals surface area contributed by atoms with Gasteiger partial charge in [-0.25, -0.2) is 0 Å². The van der Waals surface area contributed by atoms with Gasteiger partial charge in [-0.15, -0.1) is 11.8 Å². The molecule has 1 spiro atoms. The monoisotopic (exact) mass is 415 g/mol. The molecule has 4 nitrogen and oxygen atoms in total. The number of rotatable bonds is 3. The Hall–Kier alpha value is -1.76. The minimum atomic E-state index is -0.764. The summed E-state index contributed by atoms with van der Waals surface area (Å²) in [5.41, 5.74) is 1.11. The minimum absolute atomic E-state index is 0.262. The van der Waals surface area contributed by atoms with Crippen molar-refractivity contribution in [2.24, 2.45) is 11.3 Å². The van der Waals surface area contributed by atoms with E-state index in [0.29, 0.717) is 16.4 Å². The number of nitrogens with zero attached hydrogens (tertiary/aromatic N) is 2. The van der Waals surface area contributed by atoms with Crippen LogP contribution in [0.4, 0.5) is 0 Å². The second kappa shape index (κ2) is 7.64. The first-order valence-corrected chi connectivity index (χ1v) is 10.1. The average Bonchev–Trinajstić information content (AvgIpc) is 2.62. The molecular formula is C19H18BrN3OS. The van der Waals surface area contributed by atoms with Crippen LogP contribution in [0.25, 0.3) is 0 Å². The Morgan fingerprint density at radius 2 is 1.88 bits per heavy atom. The van der Waals surface area contributed by atoms with Crippen LogP contribution in [0.15, 0.2) is 39.3 Å². The van der Waals surface area contributed by atoms with Crippen LogP contribution in [0.1, 0.15) is 37.7 Å². The summed E-state index contributed by atoms with van der Waals surface area (Å²) >= 11 is 4.89. The summed E-state index contributed by atoms with van der Waals surface area (Å²) in [5, 5.41) is 22.8. The van der Waals surface area contributed by atoms with E-state index in [-0.39, 0.29) is 5.91 Å². The van der Waals surface area contributed by atoms with Crippen molar-refractivity contribution in [3.8, 4) is 12.1 Å². The summed E-state index contributed by atoms with van der Waals surface area (Å²) in [6.07, 6.45) is 4.50. The second-order valence-corrected chi connectivity index (χ2v) is 8.40. The molecule has 1 aliphatic heterocycles. The van der Waals surface area contributed by atoms with Gasteiger partial charge in [0.15, 0.2) is 0 Å². The first kappa shape index (κ1) is 18.0.